The molecular formula is C16H30N2. The number of nitrogens with one attached hydrogen (secondary N) is 1. The highest BCUT2D eigenvalue weighted by molar-refractivity contribution is 4.99. The maximum Gasteiger partial charge on any atom is 0.0223 e. The van der Waals surface area contributed by atoms with Crippen LogP contribution in [0.15, 0.2) is 0 Å². The first-order chi connectivity index (χ1) is 8.68. The first-order valence-electron chi connectivity index (χ1n) is 8.16. The van der Waals surface area contributed by atoms with Crippen molar-refractivity contribution in [1.29, 1.82) is 0 Å². The quantitative estimate of drug-likeness (QED) is 0.828. The van der Waals surface area contributed by atoms with Crippen LogP contribution in [-0.4, -0.2) is 36.1 Å². The van der Waals surface area contributed by atoms with Crippen LogP contribution in [0.2, 0.25) is 0 Å². The Morgan fingerprint density at radius 3 is 2.39 bits per heavy atom. The SMILES string of the molecule is CC(C)(C1CC1)N1CCNC(C2CCCCC2)C1. The first kappa shape index (κ1) is 12.9. The molecule has 3 fully saturated rings. The standard InChI is InChI=1S/C16H30N2/c1-16(2,14-8-9-14)18-11-10-17-15(12-18)13-6-4-3-5-7-13/h13-15,17H,3-12H2,1-2H3. The largest absolute Gasteiger partial charge is 0.311 e. The topological polar surface area (TPSA) is 15.3 Å². The normalized spacial score (nSPS) is 32.7. The average molecular weight is 250 g/mol. The average Bonchev–Trinajstić information content (AvgIpc) is 3.25. The van der Waals surface area contributed by atoms with Crippen molar-refractivity contribution in [2.24, 2.45) is 11.8 Å². The second-order valence-electron chi connectivity index (χ2n) is 7.33. The van der Waals surface area contributed by atoms with E-state index in [1.807, 2.05) is 0 Å². The van der Waals surface area contributed by atoms with E-state index < -0.39 is 0 Å². The zero-order valence-electron chi connectivity index (χ0n) is 12.3. The molecule has 1 saturated heterocycles. The van der Waals surface area contributed by atoms with Crippen molar-refractivity contribution in [1.82, 2.24) is 10.2 Å². The van der Waals surface area contributed by atoms with Crippen LogP contribution in [0.25, 0.3) is 0 Å². The number of piperazine rings is 1. The van der Waals surface area contributed by atoms with Gasteiger partial charge in [-0.15, -0.1) is 0 Å². The highest BCUT2D eigenvalue weighted by Gasteiger charge is 2.43. The molecule has 2 saturated carbocycles. The monoisotopic (exact) mass is 250 g/mol. The van der Waals surface area contributed by atoms with E-state index in [4.69, 9.17) is 0 Å². The van der Waals surface area contributed by atoms with Gasteiger partial charge in [0.15, 0.2) is 0 Å². The van der Waals surface area contributed by atoms with Crippen LogP contribution < -0.4 is 5.32 Å². The molecule has 0 aromatic heterocycles. The van der Waals surface area contributed by atoms with Crippen molar-refractivity contribution in [3.05, 3.63) is 0 Å². The first-order valence-corrected chi connectivity index (χ1v) is 8.16. The summed E-state index contributed by atoms with van der Waals surface area (Å²) in [6.45, 7) is 8.72. The summed E-state index contributed by atoms with van der Waals surface area (Å²) < 4.78 is 0. The highest BCUT2D eigenvalue weighted by atomic mass is 15.3. The Balaban J connectivity index is 1.60. The third-order valence-electron chi connectivity index (χ3n) is 5.82. The van der Waals surface area contributed by atoms with Gasteiger partial charge in [0.25, 0.3) is 0 Å². The summed E-state index contributed by atoms with van der Waals surface area (Å²) in [7, 11) is 0. The molecule has 1 unspecified atom stereocenters. The van der Waals surface area contributed by atoms with Crippen LogP contribution in [-0.2, 0) is 0 Å². The number of nitrogens with zero attached hydrogens (tertiary/aromatic N) is 1. The van der Waals surface area contributed by atoms with E-state index in [9.17, 15) is 0 Å². The van der Waals surface area contributed by atoms with E-state index in [1.165, 1.54) is 64.6 Å². The Morgan fingerprint density at radius 2 is 1.72 bits per heavy atom. The van der Waals surface area contributed by atoms with Gasteiger partial charge >= 0.3 is 0 Å². The van der Waals surface area contributed by atoms with E-state index >= 15 is 0 Å². The molecule has 0 spiro atoms. The molecule has 3 rings (SSSR count). The fourth-order valence-electron chi connectivity index (χ4n) is 4.20. The van der Waals surface area contributed by atoms with E-state index in [-0.39, 0.29) is 0 Å². The van der Waals surface area contributed by atoms with Crippen molar-refractivity contribution in [2.45, 2.75) is 70.4 Å². The number of hydrogen-bond acceptors (Lipinski definition) is 2. The fourth-order valence-corrected chi connectivity index (χ4v) is 4.20. The summed E-state index contributed by atoms with van der Waals surface area (Å²) in [5, 5.41) is 3.81. The van der Waals surface area contributed by atoms with Gasteiger partial charge in [0.2, 0.25) is 0 Å². The molecule has 104 valence electrons. The lowest BCUT2D eigenvalue weighted by Gasteiger charge is -2.46. The molecule has 1 aliphatic heterocycles. The minimum Gasteiger partial charge on any atom is -0.311 e. The van der Waals surface area contributed by atoms with Crippen LogP contribution >= 0.6 is 0 Å². The second kappa shape index (κ2) is 5.13. The van der Waals surface area contributed by atoms with Gasteiger partial charge in [-0.3, -0.25) is 4.90 Å². The van der Waals surface area contributed by atoms with Gasteiger partial charge in [0.05, 0.1) is 0 Å². The molecule has 0 radical (unpaired) electrons. The van der Waals surface area contributed by atoms with Gasteiger partial charge in [-0.2, -0.15) is 0 Å². The summed E-state index contributed by atoms with van der Waals surface area (Å²) in [4.78, 5) is 2.79. The van der Waals surface area contributed by atoms with Crippen LogP contribution in [0.3, 0.4) is 0 Å². The zero-order chi connectivity index (χ0) is 12.6. The summed E-state index contributed by atoms with van der Waals surface area (Å²) in [5.41, 5.74) is 0.453. The molecule has 0 aromatic rings. The molecule has 2 nitrogen and oxygen atoms in total. The number of rotatable bonds is 3. The smallest absolute Gasteiger partial charge is 0.0223 e. The van der Waals surface area contributed by atoms with Gasteiger partial charge in [-0.1, -0.05) is 19.3 Å². The molecule has 1 atom stereocenters. The Bertz CT molecular complexity index is 277. The lowest BCUT2D eigenvalue weighted by Crippen LogP contribution is -2.60. The highest BCUT2D eigenvalue weighted by Crippen LogP contribution is 2.43. The molecule has 2 aliphatic carbocycles. The fraction of sp³-hybridized carbons (Fsp3) is 1.00. The maximum atomic E-state index is 3.81. The van der Waals surface area contributed by atoms with Crippen LogP contribution in [0, 0.1) is 11.8 Å². The molecular weight excluding hydrogens is 220 g/mol. The summed E-state index contributed by atoms with van der Waals surface area (Å²) in [5.74, 6) is 1.93. The molecule has 18 heavy (non-hydrogen) atoms. The molecule has 1 N–H and O–H groups in total. The van der Waals surface area contributed by atoms with Crippen molar-refractivity contribution >= 4 is 0 Å². The van der Waals surface area contributed by atoms with Crippen LogP contribution in [0.4, 0.5) is 0 Å². The van der Waals surface area contributed by atoms with Crippen molar-refractivity contribution < 1.29 is 0 Å². The predicted molar refractivity (Wildman–Crippen MR) is 76.7 cm³/mol. The third-order valence-corrected chi connectivity index (χ3v) is 5.82. The molecule has 1 heterocycles. The van der Waals surface area contributed by atoms with Crippen LogP contribution in [0.5, 0.6) is 0 Å². The van der Waals surface area contributed by atoms with Crippen molar-refractivity contribution in [3.8, 4) is 0 Å². The summed E-state index contributed by atoms with van der Waals surface area (Å²) in [6, 6.07) is 0.775. The van der Waals surface area contributed by atoms with Crippen molar-refractivity contribution in [2.75, 3.05) is 19.6 Å². The Hall–Kier alpha value is -0.0800. The van der Waals surface area contributed by atoms with Crippen LogP contribution in [0.1, 0.15) is 58.8 Å². The van der Waals surface area contributed by atoms with Gasteiger partial charge in [0, 0.05) is 31.2 Å². The molecule has 0 amide bonds. The van der Waals surface area contributed by atoms with Gasteiger partial charge in [0.1, 0.15) is 0 Å². The lowest BCUT2D eigenvalue weighted by molar-refractivity contribution is 0.0473. The number of hydrogen-bond donors (Lipinski definition) is 1. The van der Waals surface area contributed by atoms with Gasteiger partial charge in [-0.25, -0.2) is 0 Å². The van der Waals surface area contributed by atoms with Crippen molar-refractivity contribution in [3.63, 3.8) is 0 Å². The minimum atomic E-state index is 0.453. The van der Waals surface area contributed by atoms with E-state index in [0.29, 0.717) is 5.54 Å². The van der Waals surface area contributed by atoms with E-state index in [1.54, 1.807) is 0 Å². The molecule has 0 aromatic carbocycles. The van der Waals surface area contributed by atoms with E-state index in [2.05, 4.69) is 24.1 Å². The summed E-state index contributed by atoms with van der Waals surface area (Å²) in [6.07, 6.45) is 10.3. The Labute approximate surface area is 113 Å². The second-order valence-corrected chi connectivity index (χ2v) is 7.33. The van der Waals surface area contributed by atoms with E-state index in [0.717, 1.165) is 17.9 Å². The maximum absolute atomic E-state index is 3.81. The van der Waals surface area contributed by atoms with Gasteiger partial charge < -0.3 is 5.32 Å². The Morgan fingerprint density at radius 1 is 1.00 bits per heavy atom. The third kappa shape index (κ3) is 2.60. The zero-order valence-corrected chi connectivity index (χ0v) is 12.3. The molecule has 2 heteroatoms. The Kier molecular flexibility index (Phi) is 3.68. The minimum absolute atomic E-state index is 0.453. The molecule has 0 bridgehead atoms. The lowest BCUT2D eigenvalue weighted by atomic mass is 9.82. The van der Waals surface area contributed by atoms with Gasteiger partial charge in [-0.05, 0) is 51.4 Å². The summed E-state index contributed by atoms with van der Waals surface area (Å²) >= 11 is 0. The molecule has 3 aliphatic rings. The predicted octanol–water partition coefficient (Wildman–Crippen LogP) is 3.03.